The van der Waals surface area contributed by atoms with Gasteiger partial charge in [-0.2, -0.15) is 0 Å². The van der Waals surface area contributed by atoms with Crippen LogP contribution in [0.2, 0.25) is 0 Å². The molecule has 0 saturated carbocycles. The lowest BCUT2D eigenvalue weighted by molar-refractivity contribution is 0.0719. The van der Waals surface area contributed by atoms with Crippen LogP contribution >= 0.6 is 0 Å². The van der Waals surface area contributed by atoms with Gasteiger partial charge in [-0.3, -0.25) is 0 Å². The summed E-state index contributed by atoms with van der Waals surface area (Å²) in [6, 6.07) is 2.64. The second-order valence-corrected chi connectivity index (χ2v) is 6.22. The van der Waals surface area contributed by atoms with Crippen LogP contribution in [-0.4, -0.2) is 48.9 Å². The monoisotopic (exact) mass is 342 g/mol. The van der Waals surface area contributed by atoms with Crippen LogP contribution in [0, 0.1) is 17.6 Å². The second-order valence-electron chi connectivity index (χ2n) is 6.22. The Hall–Kier alpha value is -1.73. The van der Waals surface area contributed by atoms with Crippen LogP contribution in [-0.2, 0) is 4.74 Å². The Morgan fingerprint density at radius 2 is 2.21 bits per heavy atom. The number of benzene rings is 1. The zero-order valence-electron chi connectivity index (χ0n) is 14.0. The first-order valence-electron chi connectivity index (χ1n) is 8.09. The number of methoxy groups -OCH3 is 1. The lowest BCUT2D eigenvalue weighted by atomic mass is 9.93. The molecule has 24 heavy (non-hydrogen) atoms. The standard InChI is InChI=1S/C17H24F2N2O3/c1-11(22)13-4-3-7-21(9-13)17(23)20-16(10-24-2)12-5-6-14(18)15(19)8-12/h5-6,8,11,13,16,22H,3-4,7,9-10H2,1-2H3,(H,20,23). The Kier molecular flexibility index (Phi) is 6.51. The molecule has 0 aromatic heterocycles. The molecule has 0 radical (unpaired) electrons. The normalized spacial score (nSPS) is 20.5. The van der Waals surface area contributed by atoms with Crippen LogP contribution < -0.4 is 5.32 Å². The highest BCUT2D eigenvalue weighted by Crippen LogP contribution is 2.21. The number of nitrogens with one attached hydrogen (secondary N) is 1. The predicted octanol–water partition coefficient (Wildman–Crippen LogP) is 2.45. The first kappa shape index (κ1) is 18.6. The molecular weight excluding hydrogens is 318 g/mol. The average Bonchev–Trinajstić information content (AvgIpc) is 2.57. The summed E-state index contributed by atoms with van der Waals surface area (Å²) in [6.45, 7) is 2.94. The maximum atomic E-state index is 13.4. The number of rotatable bonds is 5. The minimum atomic E-state index is -0.963. The van der Waals surface area contributed by atoms with Crippen molar-refractivity contribution in [1.82, 2.24) is 10.2 Å². The van der Waals surface area contributed by atoms with E-state index in [2.05, 4.69) is 5.32 Å². The van der Waals surface area contributed by atoms with Crippen LogP contribution in [0.5, 0.6) is 0 Å². The molecule has 1 heterocycles. The summed E-state index contributed by atoms with van der Waals surface area (Å²) in [6.07, 6.45) is 1.23. The van der Waals surface area contributed by atoms with Gasteiger partial charge in [0.25, 0.3) is 0 Å². The topological polar surface area (TPSA) is 61.8 Å². The number of aliphatic hydroxyl groups is 1. The third-order valence-corrected chi connectivity index (χ3v) is 4.40. The van der Waals surface area contributed by atoms with Crippen molar-refractivity contribution >= 4 is 6.03 Å². The van der Waals surface area contributed by atoms with E-state index in [1.54, 1.807) is 11.8 Å². The van der Waals surface area contributed by atoms with E-state index in [1.165, 1.54) is 13.2 Å². The first-order valence-corrected chi connectivity index (χ1v) is 8.09. The number of hydrogen-bond donors (Lipinski definition) is 2. The molecule has 7 heteroatoms. The number of carbonyl (C=O) groups is 1. The fourth-order valence-corrected chi connectivity index (χ4v) is 2.95. The fraction of sp³-hybridized carbons (Fsp3) is 0.588. The SMILES string of the molecule is COCC(NC(=O)N1CCCC(C(C)O)C1)c1ccc(F)c(F)c1. The zero-order valence-corrected chi connectivity index (χ0v) is 14.0. The molecule has 1 aromatic carbocycles. The summed E-state index contributed by atoms with van der Waals surface area (Å²) in [7, 11) is 1.48. The number of halogens is 2. The molecule has 134 valence electrons. The largest absolute Gasteiger partial charge is 0.393 e. The van der Waals surface area contributed by atoms with Gasteiger partial charge in [0.05, 0.1) is 18.8 Å². The summed E-state index contributed by atoms with van der Waals surface area (Å²) in [5.41, 5.74) is 0.438. The number of aliphatic hydroxyl groups excluding tert-OH is 1. The van der Waals surface area contributed by atoms with Crippen molar-refractivity contribution < 1.29 is 23.4 Å². The Morgan fingerprint density at radius 3 is 2.83 bits per heavy atom. The van der Waals surface area contributed by atoms with Gasteiger partial charge in [-0.05, 0) is 37.5 Å². The van der Waals surface area contributed by atoms with Crippen LogP contribution in [0.3, 0.4) is 0 Å². The van der Waals surface area contributed by atoms with Gasteiger partial charge in [0.1, 0.15) is 0 Å². The Balaban J connectivity index is 2.06. The molecule has 2 rings (SSSR count). The van der Waals surface area contributed by atoms with E-state index in [0.717, 1.165) is 25.0 Å². The van der Waals surface area contributed by atoms with Crippen LogP contribution in [0.1, 0.15) is 31.4 Å². The number of ether oxygens (including phenoxy) is 1. The highest BCUT2D eigenvalue weighted by molar-refractivity contribution is 5.75. The molecule has 5 nitrogen and oxygen atoms in total. The molecule has 2 N–H and O–H groups in total. The second kappa shape index (κ2) is 8.39. The number of carbonyl (C=O) groups excluding carboxylic acids is 1. The van der Waals surface area contributed by atoms with Crippen molar-refractivity contribution in [2.45, 2.75) is 31.9 Å². The Bertz CT molecular complexity index is 569. The molecule has 0 aliphatic carbocycles. The Morgan fingerprint density at radius 1 is 1.46 bits per heavy atom. The van der Waals surface area contributed by atoms with Gasteiger partial charge in [0.15, 0.2) is 11.6 Å². The van der Waals surface area contributed by atoms with Crippen LogP contribution in [0.4, 0.5) is 13.6 Å². The maximum absolute atomic E-state index is 13.4. The number of urea groups is 1. The van der Waals surface area contributed by atoms with Crippen molar-refractivity contribution in [2.75, 3.05) is 26.8 Å². The van der Waals surface area contributed by atoms with Gasteiger partial charge >= 0.3 is 6.03 Å². The smallest absolute Gasteiger partial charge is 0.317 e. The third kappa shape index (κ3) is 4.64. The minimum absolute atomic E-state index is 0.0497. The summed E-state index contributed by atoms with van der Waals surface area (Å²) in [4.78, 5) is 14.1. The lowest BCUT2D eigenvalue weighted by Gasteiger charge is -2.35. The molecule has 1 aromatic rings. The van der Waals surface area contributed by atoms with Crippen molar-refractivity contribution in [1.29, 1.82) is 0 Å². The van der Waals surface area contributed by atoms with E-state index >= 15 is 0 Å². The number of hydrogen-bond acceptors (Lipinski definition) is 3. The Labute approximate surface area is 140 Å². The van der Waals surface area contributed by atoms with Crippen molar-refractivity contribution in [3.05, 3.63) is 35.4 Å². The van der Waals surface area contributed by atoms with Crippen LogP contribution in [0.15, 0.2) is 18.2 Å². The number of nitrogens with zero attached hydrogens (tertiary/aromatic N) is 1. The fourth-order valence-electron chi connectivity index (χ4n) is 2.95. The molecule has 1 fully saturated rings. The van der Waals surface area contributed by atoms with Gasteiger partial charge in [-0.15, -0.1) is 0 Å². The van der Waals surface area contributed by atoms with E-state index in [0.29, 0.717) is 18.7 Å². The lowest BCUT2D eigenvalue weighted by Crippen LogP contribution is -2.48. The highest BCUT2D eigenvalue weighted by atomic mass is 19.2. The number of piperidine rings is 1. The summed E-state index contributed by atoms with van der Waals surface area (Å²) in [5.74, 6) is -1.85. The molecule has 1 aliphatic rings. The van der Waals surface area contributed by atoms with Gasteiger partial charge in [0, 0.05) is 26.1 Å². The van der Waals surface area contributed by atoms with Crippen LogP contribution in [0.25, 0.3) is 0 Å². The van der Waals surface area contributed by atoms with Crippen molar-refractivity contribution in [3.63, 3.8) is 0 Å². The van der Waals surface area contributed by atoms with E-state index in [9.17, 15) is 18.7 Å². The average molecular weight is 342 g/mol. The molecule has 1 aliphatic heterocycles. The van der Waals surface area contributed by atoms with E-state index in [-0.39, 0.29) is 18.6 Å². The van der Waals surface area contributed by atoms with E-state index in [1.807, 2.05) is 0 Å². The zero-order chi connectivity index (χ0) is 17.7. The summed E-state index contributed by atoms with van der Waals surface area (Å²) >= 11 is 0. The summed E-state index contributed by atoms with van der Waals surface area (Å²) in [5, 5.41) is 12.5. The molecule has 1 saturated heterocycles. The van der Waals surface area contributed by atoms with E-state index in [4.69, 9.17) is 4.74 Å². The quantitative estimate of drug-likeness (QED) is 0.864. The molecule has 0 bridgehead atoms. The van der Waals surface area contributed by atoms with Gasteiger partial charge in [0.2, 0.25) is 0 Å². The first-order chi connectivity index (χ1) is 11.4. The van der Waals surface area contributed by atoms with Gasteiger partial charge in [-0.1, -0.05) is 6.07 Å². The maximum Gasteiger partial charge on any atom is 0.317 e. The molecular formula is C17H24F2N2O3. The molecule has 3 unspecified atom stereocenters. The molecule has 0 spiro atoms. The molecule has 3 atom stereocenters. The highest BCUT2D eigenvalue weighted by Gasteiger charge is 2.28. The van der Waals surface area contributed by atoms with Crippen molar-refractivity contribution in [3.8, 4) is 0 Å². The van der Waals surface area contributed by atoms with Gasteiger partial charge in [-0.25, -0.2) is 13.6 Å². The van der Waals surface area contributed by atoms with E-state index < -0.39 is 23.8 Å². The van der Waals surface area contributed by atoms with Gasteiger partial charge < -0.3 is 20.1 Å². The minimum Gasteiger partial charge on any atom is -0.393 e. The number of amides is 2. The summed E-state index contributed by atoms with van der Waals surface area (Å²) < 4.78 is 31.6. The number of likely N-dealkylation sites (tertiary alicyclic amines) is 1. The van der Waals surface area contributed by atoms with Crippen molar-refractivity contribution in [2.24, 2.45) is 5.92 Å². The third-order valence-electron chi connectivity index (χ3n) is 4.40. The predicted molar refractivity (Wildman–Crippen MR) is 85.5 cm³/mol. The molecule has 2 amide bonds.